The van der Waals surface area contributed by atoms with Gasteiger partial charge in [0.05, 0.1) is 5.69 Å². The molecular weight excluding hydrogens is 256 g/mol. The summed E-state index contributed by atoms with van der Waals surface area (Å²) in [5.74, 6) is 0.507. The van der Waals surface area contributed by atoms with Crippen molar-refractivity contribution in [3.63, 3.8) is 0 Å². The molecule has 1 aliphatic heterocycles. The quantitative estimate of drug-likeness (QED) is 0.844. The Labute approximate surface area is 118 Å². The van der Waals surface area contributed by atoms with Gasteiger partial charge < -0.3 is 20.1 Å². The van der Waals surface area contributed by atoms with Crippen LogP contribution in [-0.4, -0.2) is 52.4 Å². The number of aryl methyl sites for hydroxylation is 1. The van der Waals surface area contributed by atoms with Crippen LogP contribution in [0.5, 0.6) is 0 Å². The van der Waals surface area contributed by atoms with Crippen molar-refractivity contribution in [2.24, 2.45) is 13.0 Å². The smallest absolute Gasteiger partial charge is 0.270 e. The lowest BCUT2D eigenvalue weighted by Crippen LogP contribution is -2.51. The number of piperazine rings is 1. The number of carbonyl (C=O) groups excluding carboxylic acids is 2. The molecule has 108 valence electrons. The zero-order chi connectivity index (χ0) is 14.3. The molecule has 0 aromatic carbocycles. The highest BCUT2D eigenvalue weighted by molar-refractivity contribution is 5.94. The van der Waals surface area contributed by atoms with Crippen molar-refractivity contribution in [3.8, 4) is 0 Å². The van der Waals surface area contributed by atoms with Gasteiger partial charge in [-0.05, 0) is 18.9 Å². The molecule has 1 aromatic rings. The Balaban J connectivity index is 1.61. The number of nitrogens with two attached hydrogens (primary N) is 1. The molecule has 6 heteroatoms. The monoisotopic (exact) mass is 276 g/mol. The van der Waals surface area contributed by atoms with Crippen LogP contribution in [0, 0.1) is 5.92 Å². The van der Waals surface area contributed by atoms with Gasteiger partial charge in [0.1, 0.15) is 5.69 Å². The van der Waals surface area contributed by atoms with Crippen molar-refractivity contribution in [1.82, 2.24) is 14.4 Å². The largest absolute Gasteiger partial charge is 0.397 e. The topological polar surface area (TPSA) is 71.6 Å². The number of anilines is 1. The molecule has 2 fully saturated rings. The fourth-order valence-corrected chi connectivity index (χ4v) is 2.68. The predicted molar refractivity (Wildman–Crippen MR) is 75.0 cm³/mol. The minimum atomic E-state index is -0.0114. The fourth-order valence-electron chi connectivity index (χ4n) is 2.68. The summed E-state index contributed by atoms with van der Waals surface area (Å²) in [7, 11) is 1.82. The molecule has 20 heavy (non-hydrogen) atoms. The Morgan fingerprint density at radius 1 is 1.15 bits per heavy atom. The molecule has 0 radical (unpaired) electrons. The lowest BCUT2D eigenvalue weighted by atomic mass is 10.2. The molecule has 1 saturated carbocycles. The standard InChI is InChI=1S/C14H20N4O2/c1-16-9-11(15)8-12(16)14(20)18-6-4-17(5-7-18)13(19)10-2-3-10/h8-10H,2-7,15H2,1H3. The van der Waals surface area contributed by atoms with Gasteiger partial charge in [0.15, 0.2) is 0 Å². The Hall–Kier alpha value is -1.98. The molecule has 6 nitrogen and oxygen atoms in total. The fraction of sp³-hybridized carbons (Fsp3) is 0.571. The van der Waals surface area contributed by atoms with E-state index in [0.29, 0.717) is 37.6 Å². The second-order valence-corrected chi connectivity index (χ2v) is 5.66. The maximum Gasteiger partial charge on any atom is 0.270 e. The van der Waals surface area contributed by atoms with Crippen LogP contribution in [0.1, 0.15) is 23.3 Å². The van der Waals surface area contributed by atoms with Gasteiger partial charge in [-0.3, -0.25) is 9.59 Å². The van der Waals surface area contributed by atoms with Gasteiger partial charge in [0.2, 0.25) is 5.91 Å². The van der Waals surface area contributed by atoms with Crippen LogP contribution >= 0.6 is 0 Å². The van der Waals surface area contributed by atoms with E-state index in [2.05, 4.69) is 0 Å². The third-order valence-corrected chi connectivity index (χ3v) is 4.05. The third kappa shape index (κ3) is 2.37. The SMILES string of the molecule is Cn1cc(N)cc1C(=O)N1CCN(C(=O)C2CC2)CC1. The zero-order valence-electron chi connectivity index (χ0n) is 11.7. The van der Waals surface area contributed by atoms with E-state index >= 15 is 0 Å². The van der Waals surface area contributed by atoms with E-state index in [0.717, 1.165) is 12.8 Å². The lowest BCUT2D eigenvalue weighted by molar-refractivity contribution is -0.134. The highest BCUT2D eigenvalue weighted by atomic mass is 16.2. The highest BCUT2D eigenvalue weighted by Crippen LogP contribution is 2.31. The zero-order valence-corrected chi connectivity index (χ0v) is 11.7. The van der Waals surface area contributed by atoms with Crippen molar-refractivity contribution >= 4 is 17.5 Å². The summed E-state index contributed by atoms with van der Waals surface area (Å²) in [6.45, 7) is 2.48. The van der Waals surface area contributed by atoms with Gasteiger partial charge in [-0.15, -0.1) is 0 Å². The van der Waals surface area contributed by atoms with E-state index < -0.39 is 0 Å². The number of aromatic nitrogens is 1. The van der Waals surface area contributed by atoms with E-state index in [1.54, 1.807) is 21.7 Å². The molecule has 2 aliphatic rings. The Morgan fingerprint density at radius 2 is 1.75 bits per heavy atom. The van der Waals surface area contributed by atoms with E-state index in [1.165, 1.54) is 0 Å². The Bertz CT molecular complexity index is 539. The average Bonchev–Trinajstić information content (AvgIpc) is 3.23. The van der Waals surface area contributed by atoms with Crippen LogP contribution in [-0.2, 0) is 11.8 Å². The van der Waals surface area contributed by atoms with Crippen LogP contribution in [0.15, 0.2) is 12.3 Å². The first-order valence-electron chi connectivity index (χ1n) is 7.06. The second kappa shape index (κ2) is 4.85. The summed E-state index contributed by atoms with van der Waals surface area (Å²) in [6.07, 6.45) is 3.79. The molecule has 3 rings (SSSR count). The number of amides is 2. The normalized spacial score (nSPS) is 19.2. The molecule has 0 unspecified atom stereocenters. The Morgan fingerprint density at radius 3 is 2.25 bits per heavy atom. The van der Waals surface area contributed by atoms with Gasteiger partial charge in [-0.25, -0.2) is 0 Å². The summed E-state index contributed by atoms with van der Waals surface area (Å²) in [6, 6.07) is 1.70. The van der Waals surface area contributed by atoms with Crippen LogP contribution in [0.4, 0.5) is 5.69 Å². The van der Waals surface area contributed by atoms with Gasteiger partial charge in [-0.2, -0.15) is 0 Å². The summed E-state index contributed by atoms with van der Waals surface area (Å²) >= 11 is 0. The van der Waals surface area contributed by atoms with Crippen molar-refractivity contribution in [1.29, 1.82) is 0 Å². The van der Waals surface area contributed by atoms with Crippen molar-refractivity contribution in [2.45, 2.75) is 12.8 Å². The molecule has 2 heterocycles. The maximum atomic E-state index is 12.4. The first-order chi connectivity index (χ1) is 9.56. The van der Waals surface area contributed by atoms with Gasteiger partial charge in [0, 0.05) is 45.3 Å². The van der Waals surface area contributed by atoms with Crippen LogP contribution in [0.2, 0.25) is 0 Å². The molecule has 1 saturated heterocycles. The summed E-state index contributed by atoms with van der Waals surface area (Å²) in [4.78, 5) is 28.1. The molecule has 0 spiro atoms. The lowest BCUT2D eigenvalue weighted by Gasteiger charge is -2.34. The van der Waals surface area contributed by atoms with E-state index in [4.69, 9.17) is 5.73 Å². The van der Waals surface area contributed by atoms with Crippen molar-refractivity contribution < 1.29 is 9.59 Å². The predicted octanol–water partition coefficient (Wildman–Crippen LogP) is 0.302. The minimum absolute atomic E-state index is 0.0114. The summed E-state index contributed by atoms with van der Waals surface area (Å²) < 4.78 is 1.75. The molecule has 1 aliphatic carbocycles. The molecule has 2 N–H and O–H groups in total. The number of hydrogen-bond donors (Lipinski definition) is 1. The number of carbonyl (C=O) groups is 2. The average molecular weight is 276 g/mol. The Kier molecular flexibility index (Phi) is 3.16. The maximum absolute atomic E-state index is 12.4. The second-order valence-electron chi connectivity index (χ2n) is 5.66. The van der Waals surface area contributed by atoms with E-state index in [9.17, 15) is 9.59 Å². The van der Waals surface area contributed by atoms with Gasteiger partial charge >= 0.3 is 0 Å². The van der Waals surface area contributed by atoms with Crippen LogP contribution < -0.4 is 5.73 Å². The molecule has 0 atom stereocenters. The third-order valence-electron chi connectivity index (χ3n) is 4.05. The summed E-state index contributed by atoms with van der Waals surface area (Å²) in [5.41, 5.74) is 6.90. The summed E-state index contributed by atoms with van der Waals surface area (Å²) in [5, 5.41) is 0. The first-order valence-corrected chi connectivity index (χ1v) is 7.06. The molecule has 2 amide bonds. The highest BCUT2D eigenvalue weighted by Gasteiger charge is 2.35. The van der Waals surface area contributed by atoms with Gasteiger partial charge in [-0.1, -0.05) is 0 Å². The molecular formula is C14H20N4O2. The van der Waals surface area contributed by atoms with Crippen molar-refractivity contribution in [3.05, 3.63) is 18.0 Å². The van der Waals surface area contributed by atoms with E-state index in [1.807, 2.05) is 11.9 Å². The van der Waals surface area contributed by atoms with Crippen LogP contribution in [0.3, 0.4) is 0 Å². The first kappa shape index (κ1) is 13.0. The molecule has 0 bridgehead atoms. The number of nitrogens with zero attached hydrogens (tertiary/aromatic N) is 3. The minimum Gasteiger partial charge on any atom is -0.397 e. The van der Waals surface area contributed by atoms with Crippen molar-refractivity contribution in [2.75, 3.05) is 31.9 Å². The molecule has 1 aromatic heterocycles. The number of hydrogen-bond acceptors (Lipinski definition) is 3. The van der Waals surface area contributed by atoms with Gasteiger partial charge in [0.25, 0.3) is 5.91 Å². The van der Waals surface area contributed by atoms with E-state index in [-0.39, 0.29) is 17.7 Å². The number of rotatable bonds is 2. The number of nitrogen functional groups attached to an aromatic ring is 1. The van der Waals surface area contributed by atoms with Crippen LogP contribution in [0.25, 0.3) is 0 Å².